The third-order valence-electron chi connectivity index (χ3n) is 1.15. The Morgan fingerprint density at radius 1 is 1.13 bits per heavy atom. The summed E-state index contributed by atoms with van der Waals surface area (Å²) in [5.74, 6) is 0.552. The van der Waals surface area contributed by atoms with Gasteiger partial charge in [-0.3, -0.25) is 0 Å². The Morgan fingerprint density at radius 2 is 1.53 bits per heavy atom. The van der Waals surface area contributed by atoms with Crippen molar-refractivity contribution in [1.29, 1.82) is 0 Å². The summed E-state index contributed by atoms with van der Waals surface area (Å²) in [7, 11) is 0. The van der Waals surface area contributed by atoms with E-state index in [4.69, 9.17) is 20.9 Å². The summed E-state index contributed by atoms with van der Waals surface area (Å²) >= 11 is 6.81. The van der Waals surface area contributed by atoms with Crippen molar-refractivity contribution in [2.45, 2.75) is 52.9 Å². The minimum Gasteiger partial charge on any atom is -0.393 e. The summed E-state index contributed by atoms with van der Waals surface area (Å²) in [6, 6.07) is 0. The van der Waals surface area contributed by atoms with E-state index in [1.807, 2.05) is 27.7 Å². The van der Waals surface area contributed by atoms with Crippen molar-refractivity contribution >= 4 is 28.9 Å². The molecule has 0 aliphatic carbocycles. The van der Waals surface area contributed by atoms with Crippen LogP contribution in [0.1, 0.15) is 34.6 Å². The van der Waals surface area contributed by atoms with Crippen LogP contribution in [0, 0.1) is 0 Å². The molecule has 3 nitrogen and oxygen atoms in total. The largest absolute Gasteiger partial charge is 0.393 e. The molecule has 92 valence electrons. The van der Waals surface area contributed by atoms with Crippen LogP contribution in [0.3, 0.4) is 0 Å². The molecule has 0 aromatic heterocycles. The third kappa shape index (κ3) is 8.66. The first-order valence-corrected chi connectivity index (χ1v) is 9.27. The van der Waals surface area contributed by atoms with Gasteiger partial charge in [0.25, 0.3) is 0 Å². The van der Waals surface area contributed by atoms with E-state index in [2.05, 4.69) is 0 Å². The van der Waals surface area contributed by atoms with E-state index in [-0.39, 0.29) is 18.3 Å². The zero-order chi connectivity index (χ0) is 12.1. The first-order chi connectivity index (χ1) is 6.75. The molecule has 1 unspecified atom stereocenters. The van der Waals surface area contributed by atoms with Crippen molar-refractivity contribution in [3.8, 4) is 0 Å². The summed E-state index contributed by atoms with van der Waals surface area (Å²) in [6.45, 7) is 9.49. The lowest BCUT2D eigenvalue weighted by atomic mass is 10.5. The van der Waals surface area contributed by atoms with Crippen molar-refractivity contribution in [2.75, 3.05) is 5.75 Å². The first kappa shape index (κ1) is 15.9. The Hall–Kier alpha value is 0.880. The fourth-order valence-corrected chi connectivity index (χ4v) is 6.58. The number of hydrogen-bond acceptors (Lipinski definition) is 5. The van der Waals surface area contributed by atoms with Gasteiger partial charge in [-0.2, -0.15) is 0 Å². The van der Waals surface area contributed by atoms with Gasteiger partial charge in [0, 0.05) is 5.75 Å². The number of aliphatic hydroxyl groups is 1. The molecular weight excluding hydrogens is 251 g/mol. The molecule has 0 aliphatic heterocycles. The van der Waals surface area contributed by atoms with Crippen molar-refractivity contribution in [2.24, 2.45) is 0 Å². The van der Waals surface area contributed by atoms with E-state index in [1.165, 1.54) is 11.4 Å². The molecule has 0 aliphatic rings. The van der Waals surface area contributed by atoms with Gasteiger partial charge in [-0.05, 0) is 46.4 Å². The Kier molecular flexibility index (Phi) is 7.68. The molecule has 0 amide bonds. The van der Waals surface area contributed by atoms with Crippen molar-refractivity contribution in [3.63, 3.8) is 0 Å². The second-order valence-corrected chi connectivity index (χ2v) is 10.2. The predicted molar refractivity (Wildman–Crippen MR) is 70.9 cm³/mol. The fraction of sp³-hybridized carbons (Fsp3) is 1.00. The highest BCUT2D eigenvalue weighted by Crippen LogP contribution is 2.62. The predicted octanol–water partition coefficient (Wildman–Crippen LogP) is 3.17. The maximum atomic E-state index is 9.22. The Morgan fingerprint density at radius 3 is 1.80 bits per heavy atom. The van der Waals surface area contributed by atoms with Crippen LogP contribution < -0.4 is 0 Å². The first-order valence-electron chi connectivity index (χ1n) is 5.04. The standard InChI is InChI=1S/C9H21O3PS2/c1-7(2)11-13(14,12-8(3)4)15-6-9(5)10/h7-10H,6H2,1-5H3. The highest BCUT2D eigenvalue weighted by molar-refractivity contribution is 8.67. The normalized spacial score (nSPS) is 14.9. The molecule has 0 aromatic rings. The van der Waals surface area contributed by atoms with Crippen molar-refractivity contribution < 1.29 is 14.2 Å². The number of hydrogen-bond donors (Lipinski definition) is 1. The third-order valence-corrected chi connectivity index (χ3v) is 6.84. The molecule has 0 radical (unpaired) electrons. The van der Waals surface area contributed by atoms with Gasteiger partial charge in [-0.1, -0.05) is 11.4 Å². The maximum Gasteiger partial charge on any atom is 0.247 e. The molecule has 1 atom stereocenters. The zero-order valence-corrected chi connectivity index (χ0v) is 12.5. The van der Waals surface area contributed by atoms with Crippen LogP contribution in [-0.4, -0.2) is 29.2 Å². The van der Waals surface area contributed by atoms with Gasteiger partial charge in [0.05, 0.1) is 18.3 Å². The van der Waals surface area contributed by atoms with E-state index >= 15 is 0 Å². The molecule has 1 N–H and O–H groups in total. The second kappa shape index (κ2) is 7.25. The van der Waals surface area contributed by atoms with E-state index in [0.717, 1.165) is 0 Å². The van der Waals surface area contributed by atoms with Crippen LogP contribution in [0.25, 0.3) is 0 Å². The lowest BCUT2D eigenvalue weighted by Crippen LogP contribution is -2.09. The Balaban J connectivity index is 4.34. The summed E-state index contributed by atoms with van der Waals surface area (Å²) < 4.78 is 11.3. The molecule has 0 bridgehead atoms. The molecule has 0 rings (SSSR count). The molecule has 6 heteroatoms. The van der Waals surface area contributed by atoms with Gasteiger partial charge < -0.3 is 14.2 Å². The zero-order valence-electron chi connectivity index (χ0n) is 9.97. The van der Waals surface area contributed by atoms with Gasteiger partial charge in [-0.25, -0.2) is 0 Å². The van der Waals surface area contributed by atoms with E-state index in [9.17, 15) is 5.11 Å². The average molecular weight is 272 g/mol. The average Bonchev–Trinajstić information content (AvgIpc) is 1.97. The minimum atomic E-state index is -2.30. The lowest BCUT2D eigenvalue weighted by molar-refractivity contribution is 0.185. The smallest absolute Gasteiger partial charge is 0.247 e. The SMILES string of the molecule is CC(O)CSP(=S)(OC(C)C)OC(C)C. The van der Waals surface area contributed by atoms with Gasteiger partial charge in [0.15, 0.2) is 0 Å². The maximum absolute atomic E-state index is 9.22. The molecule has 0 heterocycles. The van der Waals surface area contributed by atoms with Gasteiger partial charge in [-0.15, -0.1) is 0 Å². The quantitative estimate of drug-likeness (QED) is 0.721. The molecule has 0 spiro atoms. The van der Waals surface area contributed by atoms with Gasteiger partial charge in [0.2, 0.25) is 5.69 Å². The molecule has 0 aromatic carbocycles. The molecule has 0 saturated heterocycles. The summed E-state index contributed by atoms with van der Waals surface area (Å²) in [5, 5.41) is 9.22. The van der Waals surface area contributed by atoms with Crippen LogP contribution >= 0.6 is 17.1 Å². The van der Waals surface area contributed by atoms with Crippen molar-refractivity contribution in [3.05, 3.63) is 0 Å². The number of rotatable bonds is 7. The summed E-state index contributed by atoms with van der Waals surface area (Å²) in [4.78, 5) is 0. The van der Waals surface area contributed by atoms with Crippen LogP contribution in [0.5, 0.6) is 0 Å². The summed E-state index contributed by atoms with van der Waals surface area (Å²) in [6.07, 6.45) is -0.281. The van der Waals surface area contributed by atoms with Crippen LogP contribution in [0.4, 0.5) is 0 Å². The summed E-state index contributed by atoms with van der Waals surface area (Å²) in [5.41, 5.74) is -2.30. The van der Waals surface area contributed by atoms with Gasteiger partial charge >= 0.3 is 0 Å². The van der Waals surface area contributed by atoms with Gasteiger partial charge in [0.1, 0.15) is 0 Å². The monoisotopic (exact) mass is 272 g/mol. The Labute approximate surface area is 102 Å². The minimum absolute atomic E-state index is 0.0519. The topological polar surface area (TPSA) is 38.7 Å². The molecular formula is C9H21O3PS2. The van der Waals surface area contributed by atoms with Crippen LogP contribution in [0.15, 0.2) is 0 Å². The highest BCUT2D eigenvalue weighted by Gasteiger charge is 2.23. The Bertz CT molecular complexity index is 205. The lowest BCUT2D eigenvalue weighted by Gasteiger charge is -2.25. The fourth-order valence-electron chi connectivity index (χ4n) is 0.801. The second-order valence-electron chi connectivity index (χ2n) is 3.90. The van der Waals surface area contributed by atoms with E-state index < -0.39 is 5.69 Å². The van der Waals surface area contributed by atoms with E-state index in [1.54, 1.807) is 6.92 Å². The highest BCUT2D eigenvalue weighted by atomic mass is 32.9. The number of aliphatic hydroxyl groups excluding tert-OH is 1. The van der Waals surface area contributed by atoms with Crippen LogP contribution in [-0.2, 0) is 20.9 Å². The molecule has 15 heavy (non-hydrogen) atoms. The van der Waals surface area contributed by atoms with E-state index in [0.29, 0.717) is 5.75 Å². The molecule has 0 saturated carbocycles. The molecule has 0 fully saturated rings. The van der Waals surface area contributed by atoms with Crippen LogP contribution in [0.2, 0.25) is 0 Å². The van der Waals surface area contributed by atoms with Crippen molar-refractivity contribution in [1.82, 2.24) is 0 Å².